The summed E-state index contributed by atoms with van der Waals surface area (Å²) in [7, 11) is 1.27. The molecule has 1 aromatic carbocycles. The van der Waals surface area contributed by atoms with Crippen LogP contribution in [-0.4, -0.2) is 25.8 Å². The van der Waals surface area contributed by atoms with Crippen molar-refractivity contribution in [3.8, 4) is 5.75 Å². The van der Waals surface area contributed by atoms with Crippen molar-refractivity contribution in [3.05, 3.63) is 29.8 Å². The monoisotopic (exact) mass is 266 g/mol. The molecule has 104 valence electrons. The van der Waals surface area contributed by atoms with Crippen LogP contribution in [0.3, 0.4) is 0 Å². The van der Waals surface area contributed by atoms with E-state index in [1.165, 1.54) is 19.2 Å². The second-order valence-electron chi connectivity index (χ2n) is 3.90. The fourth-order valence-electron chi connectivity index (χ4n) is 1.46. The number of para-hydroxylation sites is 1. The van der Waals surface area contributed by atoms with E-state index >= 15 is 0 Å². The van der Waals surface area contributed by atoms with Gasteiger partial charge >= 0.3 is 12.1 Å². The predicted octanol–water partition coefficient (Wildman–Crippen LogP) is 3.18. The Labute approximate surface area is 112 Å². The minimum Gasteiger partial charge on any atom is -0.465 e. The molecule has 19 heavy (non-hydrogen) atoms. The average molecular weight is 266 g/mol. The zero-order chi connectivity index (χ0) is 14.1. The van der Waals surface area contributed by atoms with Crippen LogP contribution in [0.4, 0.5) is 4.79 Å². The van der Waals surface area contributed by atoms with Gasteiger partial charge in [-0.15, -0.1) is 0 Å². The third kappa shape index (κ3) is 4.99. The van der Waals surface area contributed by atoms with Gasteiger partial charge in [-0.2, -0.15) is 0 Å². The number of rotatable bonds is 6. The fraction of sp³-hybridized carbons (Fsp3) is 0.429. The van der Waals surface area contributed by atoms with Crippen molar-refractivity contribution >= 4 is 12.1 Å². The molecule has 0 radical (unpaired) electrons. The molecule has 0 aliphatic heterocycles. The Kier molecular flexibility index (Phi) is 6.43. The quantitative estimate of drug-likeness (QED) is 0.449. The predicted molar refractivity (Wildman–Crippen MR) is 69.3 cm³/mol. The molecule has 0 atom stereocenters. The van der Waals surface area contributed by atoms with E-state index in [-0.39, 0.29) is 11.3 Å². The van der Waals surface area contributed by atoms with Gasteiger partial charge in [0.2, 0.25) is 0 Å². The van der Waals surface area contributed by atoms with Crippen molar-refractivity contribution in [2.24, 2.45) is 0 Å². The van der Waals surface area contributed by atoms with Gasteiger partial charge in [-0.25, -0.2) is 9.59 Å². The molecule has 0 aliphatic carbocycles. The van der Waals surface area contributed by atoms with Gasteiger partial charge in [0.05, 0.1) is 13.7 Å². The number of carbonyl (C=O) groups is 2. The summed E-state index contributed by atoms with van der Waals surface area (Å²) in [6, 6.07) is 6.35. The van der Waals surface area contributed by atoms with Crippen LogP contribution in [0.5, 0.6) is 5.75 Å². The van der Waals surface area contributed by atoms with Crippen LogP contribution in [0, 0.1) is 0 Å². The van der Waals surface area contributed by atoms with Crippen LogP contribution in [-0.2, 0) is 9.47 Å². The van der Waals surface area contributed by atoms with Crippen LogP contribution in [0.25, 0.3) is 0 Å². The number of hydrogen-bond donors (Lipinski definition) is 0. The lowest BCUT2D eigenvalue weighted by molar-refractivity contribution is 0.0594. The minimum atomic E-state index is -0.813. The van der Waals surface area contributed by atoms with E-state index in [1.54, 1.807) is 12.1 Å². The number of benzene rings is 1. The first-order chi connectivity index (χ1) is 9.19. The maximum Gasteiger partial charge on any atom is 0.513 e. The molecule has 0 saturated heterocycles. The van der Waals surface area contributed by atoms with Crippen LogP contribution >= 0.6 is 0 Å². The molecule has 0 N–H and O–H groups in total. The number of carbonyl (C=O) groups excluding carboxylic acids is 2. The van der Waals surface area contributed by atoms with Gasteiger partial charge in [0, 0.05) is 0 Å². The van der Waals surface area contributed by atoms with Crippen molar-refractivity contribution in [3.63, 3.8) is 0 Å². The standard InChI is InChI=1S/C14H18O5/c1-3-4-7-10-18-14(16)19-12-9-6-5-8-11(12)13(15)17-2/h5-6,8-9H,3-4,7,10H2,1-2H3. The molecule has 1 rings (SSSR count). The summed E-state index contributed by atoms with van der Waals surface area (Å²) in [5, 5.41) is 0. The van der Waals surface area contributed by atoms with Crippen molar-refractivity contribution in [2.75, 3.05) is 13.7 Å². The molecule has 0 aliphatic rings. The number of unbranched alkanes of at least 4 members (excludes halogenated alkanes) is 2. The smallest absolute Gasteiger partial charge is 0.465 e. The Bertz CT molecular complexity index is 428. The largest absolute Gasteiger partial charge is 0.513 e. The second-order valence-corrected chi connectivity index (χ2v) is 3.90. The van der Waals surface area contributed by atoms with E-state index in [0.29, 0.717) is 6.61 Å². The van der Waals surface area contributed by atoms with Crippen LogP contribution < -0.4 is 4.74 Å². The third-order valence-electron chi connectivity index (χ3n) is 2.45. The number of methoxy groups -OCH3 is 1. The third-order valence-corrected chi connectivity index (χ3v) is 2.45. The Hall–Kier alpha value is -2.04. The minimum absolute atomic E-state index is 0.134. The summed E-state index contributed by atoms with van der Waals surface area (Å²) in [5.74, 6) is -0.427. The number of hydrogen-bond acceptors (Lipinski definition) is 5. The van der Waals surface area contributed by atoms with E-state index in [1.807, 2.05) is 0 Å². The lowest BCUT2D eigenvalue weighted by atomic mass is 10.2. The van der Waals surface area contributed by atoms with Crippen molar-refractivity contribution < 1.29 is 23.8 Å². The van der Waals surface area contributed by atoms with Gasteiger partial charge < -0.3 is 14.2 Å². The summed E-state index contributed by atoms with van der Waals surface area (Å²) < 4.78 is 14.5. The highest BCUT2D eigenvalue weighted by molar-refractivity contribution is 5.93. The Morgan fingerprint density at radius 2 is 1.89 bits per heavy atom. The molecule has 0 heterocycles. The molecule has 0 fully saturated rings. The zero-order valence-corrected chi connectivity index (χ0v) is 11.2. The molecule has 0 amide bonds. The van der Waals surface area contributed by atoms with E-state index in [4.69, 9.17) is 9.47 Å². The molecule has 0 spiro atoms. The van der Waals surface area contributed by atoms with Gasteiger partial charge in [0.25, 0.3) is 0 Å². The first kappa shape index (κ1) is 15.0. The Morgan fingerprint density at radius 1 is 1.16 bits per heavy atom. The first-order valence-electron chi connectivity index (χ1n) is 6.21. The summed E-state index contributed by atoms with van der Waals surface area (Å²) in [4.78, 5) is 22.9. The summed E-state index contributed by atoms with van der Waals surface area (Å²) in [6.07, 6.45) is 2.02. The van der Waals surface area contributed by atoms with Crippen LogP contribution in [0.2, 0.25) is 0 Å². The van der Waals surface area contributed by atoms with E-state index < -0.39 is 12.1 Å². The van der Waals surface area contributed by atoms with Crippen molar-refractivity contribution in [1.82, 2.24) is 0 Å². The average Bonchev–Trinajstić information content (AvgIpc) is 2.43. The number of esters is 1. The maximum atomic E-state index is 11.5. The van der Waals surface area contributed by atoms with Crippen LogP contribution in [0.15, 0.2) is 24.3 Å². The van der Waals surface area contributed by atoms with Crippen molar-refractivity contribution in [2.45, 2.75) is 26.2 Å². The van der Waals surface area contributed by atoms with E-state index in [9.17, 15) is 9.59 Å². The topological polar surface area (TPSA) is 61.8 Å². The van der Waals surface area contributed by atoms with E-state index in [2.05, 4.69) is 11.7 Å². The normalized spacial score (nSPS) is 9.79. The lowest BCUT2D eigenvalue weighted by Gasteiger charge is -2.08. The SMILES string of the molecule is CCCCCOC(=O)Oc1ccccc1C(=O)OC. The molecule has 0 saturated carbocycles. The Balaban J connectivity index is 2.56. The maximum absolute atomic E-state index is 11.5. The molecule has 5 nitrogen and oxygen atoms in total. The molecule has 0 unspecified atom stereocenters. The number of ether oxygens (including phenoxy) is 3. The molecule has 0 bridgehead atoms. The highest BCUT2D eigenvalue weighted by atomic mass is 16.7. The lowest BCUT2D eigenvalue weighted by Crippen LogP contribution is -2.14. The highest BCUT2D eigenvalue weighted by Gasteiger charge is 2.15. The van der Waals surface area contributed by atoms with Gasteiger partial charge in [0.15, 0.2) is 0 Å². The van der Waals surface area contributed by atoms with Crippen LogP contribution in [0.1, 0.15) is 36.5 Å². The van der Waals surface area contributed by atoms with Gasteiger partial charge in [-0.05, 0) is 18.6 Å². The van der Waals surface area contributed by atoms with Crippen molar-refractivity contribution in [1.29, 1.82) is 0 Å². The van der Waals surface area contributed by atoms with E-state index in [0.717, 1.165) is 19.3 Å². The highest BCUT2D eigenvalue weighted by Crippen LogP contribution is 2.19. The molecular formula is C14H18O5. The summed E-state index contributed by atoms with van der Waals surface area (Å²) in [6.45, 7) is 2.37. The fourth-order valence-corrected chi connectivity index (χ4v) is 1.46. The molecule has 1 aromatic rings. The van der Waals surface area contributed by atoms with Gasteiger partial charge in [-0.1, -0.05) is 31.9 Å². The van der Waals surface area contributed by atoms with Gasteiger partial charge in [0.1, 0.15) is 11.3 Å². The summed E-state index contributed by atoms with van der Waals surface area (Å²) >= 11 is 0. The second kappa shape index (κ2) is 8.13. The molecular weight excluding hydrogens is 248 g/mol. The first-order valence-corrected chi connectivity index (χ1v) is 6.21. The summed E-state index contributed by atoms with van der Waals surface area (Å²) in [5.41, 5.74) is 0.190. The molecule has 5 heteroatoms. The zero-order valence-electron chi connectivity index (χ0n) is 11.2. The Morgan fingerprint density at radius 3 is 2.58 bits per heavy atom. The molecule has 0 aromatic heterocycles. The van der Waals surface area contributed by atoms with Gasteiger partial charge in [-0.3, -0.25) is 0 Å².